The fourth-order valence-electron chi connectivity index (χ4n) is 1.89. The van der Waals surface area contributed by atoms with Crippen LogP contribution in [0.4, 0.5) is 0 Å². The standard InChI is InChI=1S/C15H18N2O2/c1-4-12-5-7-13(8-6-12)10-17(3)15(18)14-9-11(2)19-16-14/h5-9H,4,10H2,1-3H3. The third-order valence-electron chi connectivity index (χ3n) is 3.04. The van der Waals surface area contributed by atoms with Crippen molar-refractivity contribution < 1.29 is 9.32 Å². The highest BCUT2D eigenvalue weighted by atomic mass is 16.5. The summed E-state index contributed by atoms with van der Waals surface area (Å²) in [7, 11) is 1.76. The molecule has 0 unspecified atom stereocenters. The molecule has 0 bridgehead atoms. The number of aromatic nitrogens is 1. The van der Waals surface area contributed by atoms with Gasteiger partial charge in [0.2, 0.25) is 0 Å². The first kappa shape index (κ1) is 13.3. The van der Waals surface area contributed by atoms with Crippen LogP contribution in [0.25, 0.3) is 0 Å². The van der Waals surface area contributed by atoms with Crippen molar-refractivity contribution in [1.29, 1.82) is 0 Å². The molecule has 0 aliphatic heterocycles. The van der Waals surface area contributed by atoms with Gasteiger partial charge in [-0.1, -0.05) is 36.3 Å². The number of carbonyl (C=O) groups excluding carboxylic acids is 1. The maximum atomic E-state index is 12.1. The second kappa shape index (κ2) is 5.69. The van der Waals surface area contributed by atoms with E-state index in [1.54, 1.807) is 24.9 Å². The van der Waals surface area contributed by atoms with Crippen LogP contribution in [-0.2, 0) is 13.0 Å². The lowest BCUT2D eigenvalue weighted by Gasteiger charge is -2.15. The van der Waals surface area contributed by atoms with Gasteiger partial charge in [0.15, 0.2) is 5.69 Å². The van der Waals surface area contributed by atoms with Crippen molar-refractivity contribution in [1.82, 2.24) is 10.1 Å². The fraction of sp³-hybridized carbons (Fsp3) is 0.333. The lowest BCUT2D eigenvalue weighted by molar-refractivity contribution is 0.0774. The third-order valence-corrected chi connectivity index (χ3v) is 3.04. The summed E-state index contributed by atoms with van der Waals surface area (Å²) in [6, 6.07) is 9.94. The predicted molar refractivity (Wildman–Crippen MR) is 72.9 cm³/mol. The van der Waals surface area contributed by atoms with Crippen molar-refractivity contribution in [3.8, 4) is 0 Å². The average molecular weight is 258 g/mol. The minimum atomic E-state index is -0.128. The Balaban J connectivity index is 2.03. The molecule has 1 aromatic heterocycles. The van der Waals surface area contributed by atoms with E-state index in [4.69, 9.17) is 4.52 Å². The quantitative estimate of drug-likeness (QED) is 0.847. The highest BCUT2D eigenvalue weighted by Gasteiger charge is 2.15. The Morgan fingerprint density at radius 3 is 2.42 bits per heavy atom. The Labute approximate surface area is 113 Å². The van der Waals surface area contributed by atoms with E-state index in [1.807, 2.05) is 0 Å². The van der Waals surface area contributed by atoms with Gasteiger partial charge in [-0.05, 0) is 24.5 Å². The zero-order valence-corrected chi connectivity index (χ0v) is 11.5. The first-order chi connectivity index (χ1) is 9.10. The Kier molecular flexibility index (Phi) is 4.00. The Morgan fingerprint density at radius 2 is 1.89 bits per heavy atom. The van der Waals surface area contributed by atoms with E-state index < -0.39 is 0 Å². The number of benzene rings is 1. The van der Waals surface area contributed by atoms with Gasteiger partial charge in [0.25, 0.3) is 5.91 Å². The van der Waals surface area contributed by atoms with Gasteiger partial charge in [-0.25, -0.2) is 0 Å². The minimum absolute atomic E-state index is 0.128. The highest BCUT2D eigenvalue weighted by Crippen LogP contribution is 2.10. The molecular formula is C15H18N2O2. The van der Waals surface area contributed by atoms with Crippen LogP contribution >= 0.6 is 0 Å². The van der Waals surface area contributed by atoms with E-state index in [0.29, 0.717) is 18.0 Å². The van der Waals surface area contributed by atoms with Gasteiger partial charge in [-0.15, -0.1) is 0 Å². The molecule has 0 radical (unpaired) electrons. The van der Waals surface area contributed by atoms with Gasteiger partial charge >= 0.3 is 0 Å². The Bertz CT molecular complexity index is 558. The number of rotatable bonds is 4. The number of carbonyl (C=O) groups is 1. The van der Waals surface area contributed by atoms with E-state index in [2.05, 4.69) is 36.3 Å². The topological polar surface area (TPSA) is 46.3 Å². The summed E-state index contributed by atoms with van der Waals surface area (Å²) in [4.78, 5) is 13.7. The van der Waals surface area contributed by atoms with Crippen molar-refractivity contribution >= 4 is 5.91 Å². The molecule has 0 aliphatic rings. The normalized spacial score (nSPS) is 10.5. The van der Waals surface area contributed by atoms with Gasteiger partial charge < -0.3 is 9.42 Å². The molecule has 4 nitrogen and oxygen atoms in total. The number of hydrogen-bond donors (Lipinski definition) is 0. The molecule has 0 atom stereocenters. The predicted octanol–water partition coefficient (Wildman–Crippen LogP) is 2.82. The largest absolute Gasteiger partial charge is 0.361 e. The average Bonchev–Trinajstić information content (AvgIpc) is 2.85. The zero-order chi connectivity index (χ0) is 13.8. The second-order valence-electron chi connectivity index (χ2n) is 4.65. The SMILES string of the molecule is CCc1ccc(CN(C)C(=O)c2cc(C)on2)cc1. The molecule has 2 aromatic rings. The molecular weight excluding hydrogens is 240 g/mol. The van der Waals surface area contributed by atoms with Crippen molar-refractivity contribution in [2.75, 3.05) is 7.05 Å². The lowest BCUT2D eigenvalue weighted by Crippen LogP contribution is -2.26. The number of hydrogen-bond acceptors (Lipinski definition) is 3. The van der Waals surface area contributed by atoms with E-state index in [-0.39, 0.29) is 5.91 Å². The number of aryl methyl sites for hydroxylation is 2. The smallest absolute Gasteiger partial charge is 0.276 e. The van der Waals surface area contributed by atoms with Crippen LogP contribution in [0.3, 0.4) is 0 Å². The zero-order valence-electron chi connectivity index (χ0n) is 11.5. The first-order valence-electron chi connectivity index (χ1n) is 6.36. The molecule has 1 amide bonds. The molecule has 0 fully saturated rings. The van der Waals surface area contributed by atoms with E-state index >= 15 is 0 Å². The summed E-state index contributed by atoms with van der Waals surface area (Å²) in [6.45, 7) is 4.46. The van der Waals surface area contributed by atoms with Crippen molar-refractivity contribution in [2.45, 2.75) is 26.8 Å². The Morgan fingerprint density at radius 1 is 1.26 bits per heavy atom. The molecule has 0 saturated heterocycles. The molecule has 19 heavy (non-hydrogen) atoms. The van der Waals surface area contributed by atoms with Crippen molar-refractivity contribution in [3.05, 3.63) is 52.9 Å². The summed E-state index contributed by atoms with van der Waals surface area (Å²) in [5.74, 6) is 0.514. The van der Waals surface area contributed by atoms with Crippen LogP contribution in [0, 0.1) is 6.92 Å². The van der Waals surface area contributed by atoms with E-state index in [9.17, 15) is 4.79 Å². The monoisotopic (exact) mass is 258 g/mol. The second-order valence-corrected chi connectivity index (χ2v) is 4.65. The summed E-state index contributed by atoms with van der Waals surface area (Å²) < 4.78 is 4.92. The molecule has 0 saturated carbocycles. The van der Waals surface area contributed by atoms with Gasteiger partial charge in [-0.3, -0.25) is 4.79 Å². The molecule has 100 valence electrons. The molecule has 2 rings (SSSR count). The summed E-state index contributed by atoms with van der Waals surface area (Å²) in [5.41, 5.74) is 2.75. The molecule has 1 heterocycles. The van der Waals surface area contributed by atoms with Crippen LogP contribution in [0.15, 0.2) is 34.9 Å². The summed E-state index contributed by atoms with van der Waals surface area (Å²) in [6.07, 6.45) is 1.02. The van der Waals surface area contributed by atoms with E-state index in [1.165, 1.54) is 5.56 Å². The van der Waals surface area contributed by atoms with Gasteiger partial charge in [-0.2, -0.15) is 0 Å². The molecule has 0 N–H and O–H groups in total. The first-order valence-corrected chi connectivity index (χ1v) is 6.36. The number of nitrogens with zero attached hydrogens (tertiary/aromatic N) is 2. The molecule has 4 heteroatoms. The fourth-order valence-corrected chi connectivity index (χ4v) is 1.89. The molecule has 1 aromatic carbocycles. The van der Waals surface area contributed by atoms with Crippen LogP contribution in [-0.4, -0.2) is 23.0 Å². The van der Waals surface area contributed by atoms with Crippen LogP contribution in [0.1, 0.15) is 34.3 Å². The van der Waals surface area contributed by atoms with Crippen molar-refractivity contribution in [3.63, 3.8) is 0 Å². The maximum Gasteiger partial charge on any atom is 0.276 e. The van der Waals surface area contributed by atoms with Gasteiger partial charge in [0.05, 0.1) is 0 Å². The highest BCUT2D eigenvalue weighted by molar-refractivity contribution is 5.92. The van der Waals surface area contributed by atoms with Crippen LogP contribution in [0.5, 0.6) is 0 Å². The summed E-state index contributed by atoms with van der Waals surface area (Å²) in [5, 5.41) is 3.74. The van der Waals surface area contributed by atoms with Crippen LogP contribution in [0.2, 0.25) is 0 Å². The maximum absolute atomic E-state index is 12.1. The lowest BCUT2D eigenvalue weighted by atomic mass is 10.1. The van der Waals surface area contributed by atoms with E-state index in [0.717, 1.165) is 12.0 Å². The summed E-state index contributed by atoms with van der Waals surface area (Å²) >= 11 is 0. The van der Waals surface area contributed by atoms with Crippen molar-refractivity contribution in [2.24, 2.45) is 0 Å². The van der Waals surface area contributed by atoms with Gasteiger partial charge in [0, 0.05) is 19.7 Å². The Hall–Kier alpha value is -2.10. The van der Waals surface area contributed by atoms with Gasteiger partial charge in [0.1, 0.15) is 5.76 Å². The molecule has 0 spiro atoms. The van der Waals surface area contributed by atoms with Crippen LogP contribution < -0.4 is 0 Å². The third kappa shape index (κ3) is 3.22. The molecule has 0 aliphatic carbocycles. The number of amides is 1. The minimum Gasteiger partial charge on any atom is -0.361 e.